The maximum atomic E-state index is 16.2. The molecule has 0 aliphatic carbocycles. The first-order valence-corrected chi connectivity index (χ1v) is 13.6. The molecule has 12 nitrogen and oxygen atoms in total. The van der Waals surface area contributed by atoms with Crippen LogP contribution in [0.5, 0.6) is 5.75 Å². The van der Waals surface area contributed by atoms with Crippen LogP contribution in [-0.2, 0) is 29.0 Å². The number of anilines is 1. The Morgan fingerprint density at radius 2 is 2.08 bits per heavy atom. The number of esters is 1. The Morgan fingerprint density at radius 1 is 1.36 bits per heavy atom. The van der Waals surface area contributed by atoms with Gasteiger partial charge in [0, 0.05) is 6.20 Å². The number of nitrogens with two attached hydrogens (primary N) is 1. The predicted octanol–water partition coefficient (Wildman–Crippen LogP) is 2.87. The van der Waals surface area contributed by atoms with Crippen molar-refractivity contribution in [1.29, 1.82) is 5.26 Å². The maximum Gasteiger partial charge on any atom is 0.459 e. The molecule has 1 aliphatic heterocycles. The molecular weight excluding hydrogens is 532 g/mol. The van der Waals surface area contributed by atoms with Crippen molar-refractivity contribution >= 4 is 24.9 Å². The van der Waals surface area contributed by atoms with E-state index in [9.17, 15) is 19.7 Å². The standard InChI is InChI=1S/C25H29FN5O7P/c1-4-35-23(33)16(2)30-39(34,38-17-8-6-5-7-9-17)36-14-20-22(32)24(3,26)25(15-27,37-20)21-11-10-19-18(28)12-13-29-31(19)21/h5-13,16,20,22,32H,4,14,28H2,1-3H3,(H,30,34)/t16-,20+,22+,24+,25-,39?/m0/s1. The molecular formula is C25H29FN5O7P. The molecule has 208 valence electrons. The number of para-hydroxylation sites is 1. The van der Waals surface area contributed by atoms with E-state index in [4.69, 9.17) is 24.3 Å². The highest BCUT2D eigenvalue weighted by Crippen LogP contribution is 2.51. The molecule has 3 heterocycles. The number of hydrogen-bond donors (Lipinski definition) is 3. The number of alkyl halides is 1. The number of nitrogens with one attached hydrogen (secondary N) is 1. The zero-order valence-electron chi connectivity index (χ0n) is 21.5. The molecule has 1 fully saturated rings. The highest BCUT2D eigenvalue weighted by Gasteiger charge is 2.67. The summed E-state index contributed by atoms with van der Waals surface area (Å²) in [5.41, 5.74) is 1.74. The van der Waals surface area contributed by atoms with Crippen LogP contribution in [0.25, 0.3) is 5.52 Å². The highest BCUT2D eigenvalue weighted by atomic mass is 31.2. The van der Waals surface area contributed by atoms with Gasteiger partial charge < -0.3 is 24.8 Å². The first-order valence-electron chi connectivity index (χ1n) is 12.1. The molecule has 1 aromatic carbocycles. The van der Waals surface area contributed by atoms with Gasteiger partial charge in [-0.3, -0.25) is 9.32 Å². The van der Waals surface area contributed by atoms with Crippen LogP contribution in [-0.4, -0.2) is 57.8 Å². The van der Waals surface area contributed by atoms with E-state index >= 15 is 4.39 Å². The summed E-state index contributed by atoms with van der Waals surface area (Å²) < 4.78 is 53.1. The summed E-state index contributed by atoms with van der Waals surface area (Å²) in [4.78, 5) is 12.2. The normalized spacial score (nSPS) is 27.0. The van der Waals surface area contributed by atoms with Crippen molar-refractivity contribution in [3.63, 3.8) is 0 Å². The van der Waals surface area contributed by atoms with Gasteiger partial charge in [-0.25, -0.2) is 13.5 Å². The molecule has 1 unspecified atom stereocenters. The topological polar surface area (TPSA) is 170 Å². The quantitative estimate of drug-likeness (QED) is 0.246. The second-order valence-corrected chi connectivity index (χ2v) is 10.8. The third-order valence-electron chi connectivity index (χ3n) is 6.40. The zero-order chi connectivity index (χ0) is 28.4. The van der Waals surface area contributed by atoms with E-state index in [1.165, 1.54) is 35.8 Å². The van der Waals surface area contributed by atoms with E-state index in [2.05, 4.69) is 10.2 Å². The van der Waals surface area contributed by atoms with Gasteiger partial charge in [0.05, 0.1) is 30.1 Å². The van der Waals surface area contributed by atoms with Gasteiger partial charge in [0.25, 0.3) is 0 Å². The molecule has 1 aliphatic rings. The minimum atomic E-state index is -4.33. The number of benzene rings is 1. The van der Waals surface area contributed by atoms with E-state index in [0.717, 1.165) is 6.92 Å². The lowest BCUT2D eigenvalue weighted by Crippen LogP contribution is -2.48. The largest absolute Gasteiger partial charge is 0.465 e. The number of aliphatic hydroxyl groups is 1. The monoisotopic (exact) mass is 561 g/mol. The summed E-state index contributed by atoms with van der Waals surface area (Å²) in [5.74, 6) is -0.552. The SMILES string of the molecule is CCOC(=O)[C@H](C)NP(=O)(OC[C@H]1O[C@@](C#N)(c2ccc3c(N)ccnn23)[C@](C)(F)[C@@H]1O)Oc1ccccc1. The Balaban J connectivity index is 1.62. The van der Waals surface area contributed by atoms with Crippen molar-refractivity contribution in [3.05, 3.63) is 60.4 Å². The van der Waals surface area contributed by atoms with E-state index < -0.39 is 49.8 Å². The molecule has 6 atom stereocenters. The Labute approximate surface area is 224 Å². The van der Waals surface area contributed by atoms with Crippen LogP contribution in [0.15, 0.2) is 54.7 Å². The minimum absolute atomic E-state index is 0.00312. The number of fused-ring (bicyclic) bond motifs is 1. The van der Waals surface area contributed by atoms with Crippen LogP contribution >= 0.6 is 7.75 Å². The molecule has 3 aromatic rings. The lowest BCUT2D eigenvalue weighted by Gasteiger charge is -2.30. The molecule has 0 saturated carbocycles. The number of halogens is 1. The second kappa shape index (κ2) is 10.9. The maximum absolute atomic E-state index is 16.2. The van der Waals surface area contributed by atoms with Crippen molar-refractivity contribution in [2.45, 2.75) is 50.3 Å². The molecule has 4 N–H and O–H groups in total. The average molecular weight is 562 g/mol. The van der Waals surface area contributed by atoms with Crippen molar-refractivity contribution < 1.29 is 37.4 Å². The summed E-state index contributed by atoms with van der Waals surface area (Å²) in [6, 6.07) is 13.3. The number of aliphatic hydroxyl groups excluding tert-OH is 1. The molecule has 0 bridgehead atoms. The van der Waals surface area contributed by atoms with E-state index in [0.29, 0.717) is 11.2 Å². The third kappa shape index (κ3) is 5.22. The van der Waals surface area contributed by atoms with E-state index in [1.807, 2.05) is 6.07 Å². The van der Waals surface area contributed by atoms with Gasteiger partial charge in [0.2, 0.25) is 5.60 Å². The number of carbonyl (C=O) groups is 1. The van der Waals surface area contributed by atoms with Crippen LogP contribution in [0, 0.1) is 11.3 Å². The molecule has 0 radical (unpaired) electrons. The van der Waals surface area contributed by atoms with Gasteiger partial charge in [0.1, 0.15) is 30.1 Å². The summed E-state index contributed by atoms with van der Waals surface area (Å²) in [5, 5.41) is 27.7. The van der Waals surface area contributed by atoms with Crippen LogP contribution in [0.1, 0.15) is 26.5 Å². The molecule has 4 rings (SSSR count). The van der Waals surface area contributed by atoms with Crippen LogP contribution in [0.4, 0.5) is 10.1 Å². The molecule has 0 amide bonds. The van der Waals surface area contributed by atoms with Crippen molar-refractivity contribution in [1.82, 2.24) is 14.7 Å². The second-order valence-electron chi connectivity index (χ2n) is 9.07. The minimum Gasteiger partial charge on any atom is -0.465 e. The average Bonchev–Trinajstić information content (AvgIpc) is 3.42. The fourth-order valence-electron chi connectivity index (χ4n) is 4.34. The Morgan fingerprint density at radius 3 is 2.74 bits per heavy atom. The van der Waals surface area contributed by atoms with Gasteiger partial charge >= 0.3 is 13.7 Å². The predicted molar refractivity (Wildman–Crippen MR) is 137 cm³/mol. The third-order valence-corrected chi connectivity index (χ3v) is 8.04. The van der Waals surface area contributed by atoms with Crippen LogP contribution < -0.4 is 15.3 Å². The number of nitrogens with zero attached hydrogens (tertiary/aromatic N) is 3. The summed E-state index contributed by atoms with van der Waals surface area (Å²) in [7, 11) is -4.33. The van der Waals surface area contributed by atoms with Gasteiger partial charge in [-0.05, 0) is 51.1 Å². The number of nitrogen functional groups attached to an aromatic ring is 1. The Bertz CT molecular complexity index is 1430. The number of rotatable bonds is 10. The van der Waals surface area contributed by atoms with Gasteiger partial charge in [-0.2, -0.15) is 15.4 Å². The summed E-state index contributed by atoms with van der Waals surface area (Å²) in [6.07, 6.45) is -1.98. The number of carbonyl (C=O) groups excluding carboxylic acids is 1. The van der Waals surface area contributed by atoms with E-state index in [1.54, 1.807) is 37.3 Å². The first kappa shape index (κ1) is 28.5. The van der Waals surface area contributed by atoms with Crippen LogP contribution in [0.3, 0.4) is 0 Å². The first-order chi connectivity index (χ1) is 18.5. The summed E-state index contributed by atoms with van der Waals surface area (Å²) >= 11 is 0. The number of aromatic nitrogens is 2. The number of hydrogen-bond acceptors (Lipinski definition) is 10. The fraction of sp³-hybridized carbons (Fsp3) is 0.400. The molecule has 39 heavy (non-hydrogen) atoms. The van der Waals surface area contributed by atoms with Crippen LogP contribution in [0.2, 0.25) is 0 Å². The Hall–Kier alpha value is -3.53. The van der Waals surface area contributed by atoms with Crippen molar-refractivity contribution in [3.8, 4) is 11.8 Å². The smallest absolute Gasteiger partial charge is 0.459 e. The van der Waals surface area contributed by atoms with Gasteiger partial charge in [0.15, 0.2) is 5.67 Å². The highest BCUT2D eigenvalue weighted by molar-refractivity contribution is 7.52. The Kier molecular flexibility index (Phi) is 7.97. The van der Waals surface area contributed by atoms with Gasteiger partial charge in [-0.1, -0.05) is 18.2 Å². The molecule has 2 aromatic heterocycles. The van der Waals surface area contributed by atoms with E-state index in [-0.39, 0.29) is 18.1 Å². The molecule has 0 spiro atoms. The van der Waals surface area contributed by atoms with Gasteiger partial charge in [-0.15, -0.1) is 0 Å². The number of nitriles is 1. The molecule has 14 heteroatoms. The van der Waals surface area contributed by atoms with Crippen molar-refractivity contribution in [2.24, 2.45) is 0 Å². The lowest BCUT2D eigenvalue weighted by atomic mass is 9.82. The number of ether oxygens (including phenoxy) is 2. The fourth-order valence-corrected chi connectivity index (χ4v) is 5.84. The summed E-state index contributed by atoms with van der Waals surface area (Å²) in [6.45, 7) is 3.47. The lowest BCUT2D eigenvalue weighted by molar-refractivity contribution is -0.144. The molecule has 1 saturated heterocycles. The van der Waals surface area contributed by atoms with Crippen molar-refractivity contribution in [2.75, 3.05) is 18.9 Å². The zero-order valence-corrected chi connectivity index (χ0v) is 22.4.